The van der Waals surface area contributed by atoms with Crippen molar-refractivity contribution in [3.8, 4) is 11.3 Å². The molecule has 0 bridgehead atoms. The van der Waals surface area contributed by atoms with E-state index in [0.717, 1.165) is 34.7 Å². The maximum atomic E-state index is 15.0. The molecule has 4 N–H and O–H groups in total. The van der Waals surface area contributed by atoms with Crippen LogP contribution in [0.1, 0.15) is 28.4 Å². The van der Waals surface area contributed by atoms with Crippen LogP contribution in [0, 0.1) is 23.3 Å². The molecule has 0 saturated carbocycles. The number of aryl methyl sites for hydroxylation is 1. The summed E-state index contributed by atoms with van der Waals surface area (Å²) < 4.78 is 88.9. The van der Waals surface area contributed by atoms with Gasteiger partial charge >= 0.3 is 18.2 Å². The highest BCUT2D eigenvalue weighted by Crippen LogP contribution is 2.39. The minimum Gasteiger partial charge on any atom is -0.475 e. The third-order valence-corrected chi connectivity index (χ3v) is 7.25. The number of likely N-dealkylation sites (N-methyl/N-ethyl adjacent to an activating group) is 1. The Kier molecular flexibility index (Phi) is 11.8. The summed E-state index contributed by atoms with van der Waals surface area (Å²) in [7, 11) is 3.77. The molecule has 4 aromatic rings. The number of nitrogens with zero attached hydrogens (tertiary/aromatic N) is 4. The number of carbonyl (C=O) groups is 3. The third kappa shape index (κ3) is 9.07. The molecule has 0 unspecified atom stereocenters. The zero-order valence-corrected chi connectivity index (χ0v) is 27.1. The van der Waals surface area contributed by atoms with E-state index in [9.17, 15) is 40.3 Å². The monoisotopic (exact) mass is 721 g/mol. The molecule has 0 aliphatic carbocycles. The topological polar surface area (TPSA) is 140 Å². The van der Waals surface area contributed by atoms with Gasteiger partial charge in [0.1, 0.15) is 17.3 Å². The van der Waals surface area contributed by atoms with E-state index in [1.807, 2.05) is 25.9 Å². The molecule has 1 aromatic heterocycles. The molecule has 0 saturated heterocycles. The molecule has 1 aliphatic heterocycles. The Morgan fingerprint density at radius 3 is 2.22 bits per heavy atom. The second kappa shape index (κ2) is 15.8. The molecule has 2 heterocycles. The number of benzene rings is 3. The SMILES string of the molecule is CCc1ccc(C(=O)Nc2ccc(F)c(F)c2)cc1-c1nc(NCCN(C)C)nc2c1CNC(=O)N2c1c(F)cccc1F.O=C(O)C(F)(F)F. The van der Waals surface area contributed by atoms with Crippen molar-refractivity contribution in [2.45, 2.75) is 26.1 Å². The lowest BCUT2D eigenvalue weighted by Gasteiger charge is -2.31. The van der Waals surface area contributed by atoms with E-state index in [1.54, 1.807) is 18.2 Å². The number of anilines is 4. The van der Waals surface area contributed by atoms with Crippen LogP contribution >= 0.6 is 0 Å². The van der Waals surface area contributed by atoms with Gasteiger partial charge in [-0.05, 0) is 62.5 Å². The largest absolute Gasteiger partial charge is 0.490 e. The normalized spacial score (nSPS) is 12.5. The Morgan fingerprint density at radius 1 is 0.961 bits per heavy atom. The number of carboxylic acid groups (broad SMARTS) is 1. The first kappa shape index (κ1) is 38.0. The van der Waals surface area contributed by atoms with Crippen molar-refractivity contribution in [3.63, 3.8) is 0 Å². The predicted molar refractivity (Wildman–Crippen MR) is 173 cm³/mol. The first-order valence-electron chi connectivity index (χ1n) is 15.0. The molecule has 1 aliphatic rings. The average Bonchev–Trinajstić information content (AvgIpc) is 3.06. The molecule has 11 nitrogen and oxygen atoms in total. The Morgan fingerprint density at radius 2 is 1.63 bits per heavy atom. The van der Waals surface area contributed by atoms with Crippen molar-refractivity contribution in [2.24, 2.45) is 0 Å². The number of amides is 3. The number of aliphatic carboxylic acids is 1. The number of hydrogen-bond donors (Lipinski definition) is 4. The van der Waals surface area contributed by atoms with Crippen molar-refractivity contribution in [2.75, 3.05) is 42.7 Å². The summed E-state index contributed by atoms with van der Waals surface area (Å²) >= 11 is 0. The number of fused-ring (bicyclic) bond motifs is 1. The molecule has 3 aromatic carbocycles. The second-order valence-corrected chi connectivity index (χ2v) is 11.1. The maximum Gasteiger partial charge on any atom is 0.490 e. The van der Waals surface area contributed by atoms with Crippen molar-refractivity contribution < 1.29 is 50.2 Å². The van der Waals surface area contributed by atoms with E-state index in [-0.39, 0.29) is 29.6 Å². The van der Waals surface area contributed by atoms with Gasteiger partial charge in [-0.25, -0.2) is 37.0 Å². The predicted octanol–water partition coefficient (Wildman–Crippen LogP) is 6.48. The lowest BCUT2D eigenvalue weighted by atomic mass is 9.95. The molecule has 0 spiro atoms. The number of nitrogens with one attached hydrogen (secondary N) is 3. The number of urea groups is 1. The molecule has 5 rings (SSSR count). The number of para-hydroxylation sites is 1. The average molecular weight is 722 g/mol. The van der Waals surface area contributed by atoms with Crippen molar-refractivity contribution >= 4 is 41.0 Å². The lowest BCUT2D eigenvalue weighted by molar-refractivity contribution is -0.192. The summed E-state index contributed by atoms with van der Waals surface area (Å²) in [4.78, 5) is 47.2. The highest BCUT2D eigenvalue weighted by atomic mass is 19.4. The lowest BCUT2D eigenvalue weighted by Crippen LogP contribution is -2.43. The number of rotatable bonds is 9. The first-order valence-corrected chi connectivity index (χ1v) is 15.0. The van der Waals surface area contributed by atoms with Crippen LogP contribution in [-0.4, -0.2) is 71.2 Å². The van der Waals surface area contributed by atoms with Crippen LogP contribution in [0.3, 0.4) is 0 Å². The Balaban J connectivity index is 0.000000755. The summed E-state index contributed by atoms with van der Waals surface area (Å²) in [6.07, 6.45) is -4.55. The van der Waals surface area contributed by atoms with Gasteiger partial charge < -0.3 is 26.0 Å². The fourth-order valence-corrected chi connectivity index (χ4v) is 4.79. The quantitative estimate of drug-likeness (QED) is 0.144. The van der Waals surface area contributed by atoms with Gasteiger partial charge in [-0.3, -0.25) is 4.79 Å². The minimum atomic E-state index is -5.08. The number of halogens is 7. The van der Waals surface area contributed by atoms with Crippen LogP contribution in [-0.2, 0) is 17.8 Å². The van der Waals surface area contributed by atoms with Crippen LogP contribution in [0.5, 0.6) is 0 Å². The van der Waals surface area contributed by atoms with Crippen LogP contribution in [0.15, 0.2) is 54.6 Å². The first-order chi connectivity index (χ1) is 24.0. The molecule has 0 atom stereocenters. The van der Waals surface area contributed by atoms with Gasteiger partial charge in [0.2, 0.25) is 5.95 Å². The summed E-state index contributed by atoms with van der Waals surface area (Å²) in [6, 6.07) is 10.4. The van der Waals surface area contributed by atoms with Gasteiger partial charge in [0.05, 0.1) is 12.2 Å². The fraction of sp³-hybridized carbons (Fsp3) is 0.242. The van der Waals surface area contributed by atoms with E-state index in [2.05, 4.69) is 20.9 Å². The molecule has 3 amide bonds. The van der Waals surface area contributed by atoms with Crippen LogP contribution in [0.2, 0.25) is 0 Å². The Labute approximate surface area is 286 Å². The molecular weight excluding hydrogens is 691 g/mol. The van der Waals surface area contributed by atoms with Gasteiger partial charge in [0, 0.05) is 41.5 Å². The number of alkyl halides is 3. The molecule has 270 valence electrons. The fourth-order valence-electron chi connectivity index (χ4n) is 4.79. The molecule has 0 radical (unpaired) electrons. The molecule has 18 heteroatoms. The van der Waals surface area contributed by atoms with Gasteiger partial charge in [-0.1, -0.05) is 19.1 Å². The zero-order chi connectivity index (χ0) is 37.6. The van der Waals surface area contributed by atoms with Crippen LogP contribution < -0.4 is 20.9 Å². The van der Waals surface area contributed by atoms with Gasteiger partial charge in [0.25, 0.3) is 5.91 Å². The van der Waals surface area contributed by atoms with Crippen molar-refractivity contribution in [1.82, 2.24) is 20.2 Å². The number of carboxylic acids is 1. The van der Waals surface area contributed by atoms with Crippen LogP contribution in [0.25, 0.3) is 11.3 Å². The summed E-state index contributed by atoms with van der Waals surface area (Å²) in [5, 5.41) is 15.4. The molecule has 0 fully saturated rings. The van der Waals surface area contributed by atoms with Crippen molar-refractivity contribution in [1.29, 1.82) is 0 Å². The standard InChI is InChI=1S/C31H29F4N7O2.C2HF3O2/c1-4-17-8-9-18(29(43)38-19-10-11-22(32)25(35)15-19)14-20(17)26-21-16-37-31(44)42(27-23(33)6-5-7-24(27)34)28(21)40-30(39-26)36-12-13-41(2)3;3-2(4,5)1(6)7/h5-11,14-15H,4,12-13,16H2,1-3H3,(H,37,44)(H,38,43)(H,36,39,40);(H,6,7). The molecular formula is C33H30F7N7O4. The zero-order valence-electron chi connectivity index (χ0n) is 27.1. The van der Waals surface area contributed by atoms with Crippen LogP contribution in [0.4, 0.5) is 58.7 Å². The summed E-state index contributed by atoms with van der Waals surface area (Å²) in [5.74, 6) is -7.32. The van der Waals surface area contributed by atoms with E-state index < -0.39 is 53.0 Å². The van der Waals surface area contributed by atoms with Crippen molar-refractivity contribution in [3.05, 3.63) is 94.6 Å². The van der Waals surface area contributed by atoms with E-state index >= 15 is 0 Å². The summed E-state index contributed by atoms with van der Waals surface area (Å²) in [6.45, 7) is 2.89. The van der Waals surface area contributed by atoms with Gasteiger partial charge in [-0.2, -0.15) is 18.2 Å². The maximum absolute atomic E-state index is 15.0. The smallest absolute Gasteiger partial charge is 0.475 e. The number of carbonyl (C=O) groups excluding carboxylic acids is 2. The highest BCUT2D eigenvalue weighted by Gasteiger charge is 2.38. The number of hydrogen-bond acceptors (Lipinski definition) is 7. The Hall–Kier alpha value is -5.78. The number of aromatic nitrogens is 2. The van der Waals surface area contributed by atoms with E-state index in [0.29, 0.717) is 36.3 Å². The van der Waals surface area contributed by atoms with Gasteiger partial charge in [-0.15, -0.1) is 0 Å². The second-order valence-electron chi connectivity index (χ2n) is 11.1. The highest BCUT2D eigenvalue weighted by molar-refractivity contribution is 6.06. The summed E-state index contributed by atoms with van der Waals surface area (Å²) in [5.41, 5.74) is 1.67. The Bertz CT molecular complexity index is 1940. The van der Waals surface area contributed by atoms with E-state index in [4.69, 9.17) is 14.9 Å². The minimum absolute atomic E-state index is 0.0196. The molecule has 51 heavy (non-hydrogen) atoms. The van der Waals surface area contributed by atoms with E-state index in [1.165, 1.54) is 12.1 Å². The third-order valence-electron chi connectivity index (χ3n) is 7.25. The van der Waals surface area contributed by atoms with Gasteiger partial charge in [0.15, 0.2) is 17.5 Å².